The lowest BCUT2D eigenvalue weighted by Gasteiger charge is -2.20. The summed E-state index contributed by atoms with van der Waals surface area (Å²) in [6, 6.07) is 7.27. The van der Waals surface area contributed by atoms with Crippen LogP contribution in [0.3, 0.4) is 0 Å². The van der Waals surface area contributed by atoms with Crippen molar-refractivity contribution in [2.45, 2.75) is 38.1 Å². The van der Waals surface area contributed by atoms with Gasteiger partial charge in [0.05, 0.1) is 0 Å². The predicted octanol–water partition coefficient (Wildman–Crippen LogP) is 2.76. The van der Waals surface area contributed by atoms with E-state index in [0.29, 0.717) is 6.04 Å². The molecule has 22 heavy (non-hydrogen) atoms. The number of aliphatic imine (C=N–C) groups is 1. The Labute approximate surface area is 132 Å². The van der Waals surface area contributed by atoms with Gasteiger partial charge < -0.3 is 15.5 Å². The number of nitrogens with one attached hydrogen (secondary N) is 2. The third-order valence-electron chi connectivity index (χ3n) is 4.13. The van der Waals surface area contributed by atoms with Gasteiger partial charge in [-0.05, 0) is 37.5 Å². The maximum atomic E-state index is 13.2. The first-order valence-electron chi connectivity index (χ1n) is 8.13. The number of anilines is 1. The summed E-state index contributed by atoms with van der Waals surface area (Å²) in [4.78, 5) is 6.34. The highest BCUT2D eigenvalue weighted by Crippen LogP contribution is 2.17. The molecule has 0 aliphatic heterocycles. The van der Waals surface area contributed by atoms with Crippen LogP contribution in [0.5, 0.6) is 0 Å². The van der Waals surface area contributed by atoms with Gasteiger partial charge in [-0.2, -0.15) is 0 Å². The van der Waals surface area contributed by atoms with Crippen molar-refractivity contribution in [1.29, 1.82) is 0 Å². The SMILES string of the molecule is CN=C(NCCCN(C)c1cccc(F)c1)NC1CCCC1. The second-order valence-electron chi connectivity index (χ2n) is 5.88. The van der Waals surface area contributed by atoms with Crippen molar-refractivity contribution in [2.75, 3.05) is 32.1 Å². The van der Waals surface area contributed by atoms with Gasteiger partial charge in [-0.1, -0.05) is 18.9 Å². The van der Waals surface area contributed by atoms with Crippen LogP contribution in [0.25, 0.3) is 0 Å². The molecule has 0 unspecified atom stereocenters. The van der Waals surface area contributed by atoms with E-state index in [0.717, 1.165) is 31.2 Å². The zero-order valence-electron chi connectivity index (χ0n) is 13.6. The van der Waals surface area contributed by atoms with Gasteiger partial charge in [0.25, 0.3) is 0 Å². The smallest absolute Gasteiger partial charge is 0.191 e. The highest BCUT2D eigenvalue weighted by molar-refractivity contribution is 5.79. The Bertz CT molecular complexity index is 483. The van der Waals surface area contributed by atoms with Crippen LogP contribution in [0.15, 0.2) is 29.3 Å². The molecular formula is C17H27FN4. The molecule has 0 bridgehead atoms. The van der Waals surface area contributed by atoms with Gasteiger partial charge in [-0.25, -0.2) is 4.39 Å². The number of benzene rings is 1. The number of guanidine groups is 1. The summed E-state index contributed by atoms with van der Waals surface area (Å²) >= 11 is 0. The zero-order chi connectivity index (χ0) is 15.8. The molecule has 0 saturated heterocycles. The lowest BCUT2D eigenvalue weighted by molar-refractivity contribution is 0.610. The monoisotopic (exact) mass is 306 g/mol. The van der Waals surface area contributed by atoms with Crippen molar-refractivity contribution < 1.29 is 4.39 Å². The molecule has 1 fully saturated rings. The van der Waals surface area contributed by atoms with E-state index in [1.54, 1.807) is 12.1 Å². The van der Waals surface area contributed by atoms with Gasteiger partial charge in [0.2, 0.25) is 0 Å². The van der Waals surface area contributed by atoms with Crippen LogP contribution < -0.4 is 15.5 Å². The number of halogens is 1. The molecular weight excluding hydrogens is 279 g/mol. The fraction of sp³-hybridized carbons (Fsp3) is 0.588. The minimum absolute atomic E-state index is 0.191. The van der Waals surface area contributed by atoms with E-state index < -0.39 is 0 Å². The average Bonchev–Trinajstić information content (AvgIpc) is 3.03. The number of hydrogen-bond donors (Lipinski definition) is 2. The van der Waals surface area contributed by atoms with Crippen LogP contribution in [-0.4, -0.2) is 39.2 Å². The molecule has 1 aliphatic carbocycles. The third kappa shape index (κ3) is 5.20. The second kappa shape index (κ2) is 8.61. The normalized spacial score (nSPS) is 15.9. The van der Waals surface area contributed by atoms with E-state index in [9.17, 15) is 4.39 Å². The van der Waals surface area contributed by atoms with Crippen molar-refractivity contribution in [1.82, 2.24) is 10.6 Å². The van der Waals surface area contributed by atoms with Crippen LogP contribution in [0, 0.1) is 5.82 Å². The molecule has 0 aromatic heterocycles. The fourth-order valence-electron chi connectivity index (χ4n) is 2.82. The van der Waals surface area contributed by atoms with Gasteiger partial charge in [0, 0.05) is 38.9 Å². The lowest BCUT2D eigenvalue weighted by Crippen LogP contribution is -2.43. The highest BCUT2D eigenvalue weighted by atomic mass is 19.1. The van der Waals surface area contributed by atoms with E-state index in [1.807, 2.05) is 20.2 Å². The molecule has 4 nitrogen and oxygen atoms in total. The molecule has 0 amide bonds. The Kier molecular flexibility index (Phi) is 6.49. The first-order valence-corrected chi connectivity index (χ1v) is 8.13. The number of hydrogen-bond acceptors (Lipinski definition) is 2. The lowest BCUT2D eigenvalue weighted by atomic mass is 10.2. The summed E-state index contributed by atoms with van der Waals surface area (Å²) in [5.41, 5.74) is 0.911. The molecule has 5 heteroatoms. The third-order valence-corrected chi connectivity index (χ3v) is 4.13. The van der Waals surface area contributed by atoms with Crippen molar-refractivity contribution in [3.63, 3.8) is 0 Å². The summed E-state index contributed by atoms with van der Waals surface area (Å²) in [5.74, 6) is 0.698. The zero-order valence-corrected chi connectivity index (χ0v) is 13.6. The van der Waals surface area contributed by atoms with Crippen LogP contribution in [0.1, 0.15) is 32.1 Å². The van der Waals surface area contributed by atoms with Gasteiger partial charge in [-0.15, -0.1) is 0 Å². The van der Waals surface area contributed by atoms with E-state index in [4.69, 9.17) is 0 Å². The molecule has 0 spiro atoms. The van der Waals surface area contributed by atoms with E-state index in [1.165, 1.54) is 31.7 Å². The van der Waals surface area contributed by atoms with Crippen molar-refractivity contribution >= 4 is 11.6 Å². The molecule has 0 radical (unpaired) electrons. The average molecular weight is 306 g/mol. The predicted molar refractivity (Wildman–Crippen MR) is 91.0 cm³/mol. The van der Waals surface area contributed by atoms with Gasteiger partial charge in [0.15, 0.2) is 5.96 Å². The van der Waals surface area contributed by atoms with Gasteiger partial charge in [0.1, 0.15) is 5.82 Å². The Morgan fingerprint density at radius 2 is 2.14 bits per heavy atom. The topological polar surface area (TPSA) is 39.7 Å². The van der Waals surface area contributed by atoms with Crippen LogP contribution in [0.2, 0.25) is 0 Å². The number of rotatable bonds is 6. The maximum absolute atomic E-state index is 13.2. The fourth-order valence-corrected chi connectivity index (χ4v) is 2.82. The van der Waals surface area contributed by atoms with Crippen molar-refractivity contribution in [2.24, 2.45) is 4.99 Å². The first kappa shape index (κ1) is 16.6. The van der Waals surface area contributed by atoms with Gasteiger partial charge in [-0.3, -0.25) is 4.99 Å². The van der Waals surface area contributed by atoms with Crippen LogP contribution in [0.4, 0.5) is 10.1 Å². The molecule has 1 aromatic carbocycles. The largest absolute Gasteiger partial charge is 0.374 e. The van der Waals surface area contributed by atoms with Crippen molar-refractivity contribution in [3.8, 4) is 0 Å². The van der Waals surface area contributed by atoms with Gasteiger partial charge >= 0.3 is 0 Å². The summed E-state index contributed by atoms with van der Waals surface area (Å²) in [5, 5.41) is 6.82. The summed E-state index contributed by atoms with van der Waals surface area (Å²) in [6.45, 7) is 1.73. The molecule has 1 aromatic rings. The molecule has 122 valence electrons. The molecule has 2 rings (SSSR count). The second-order valence-corrected chi connectivity index (χ2v) is 5.88. The Morgan fingerprint density at radius 1 is 1.36 bits per heavy atom. The Balaban J connectivity index is 1.67. The first-order chi connectivity index (χ1) is 10.7. The van der Waals surface area contributed by atoms with Crippen LogP contribution in [-0.2, 0) is 0 Å². The Hall–Kier alpha value is -1.78. The maximum Gasteiger partial charge on any atom is 0.191 e. The highest BCUT2D eigenvalue weighted by Gasteiger charge is 2.15. The minimum Gasteiger partial charge on any atom is -0.374 e. The number of nitrogens with zero attached hydrogens (tertiary/aromatic N) is 2. The molecule has 0 heterocycles. The van der Waals surface area contributed by atoms with Crippen LogP contribution >= 0.6 is 0 Å². The summed E-state index contributed by atoms with van der Waals surface area (Å²) in [6.07, 6.45) is 6.07. The van der Waals surface area contributed by atoms with E-state index in [-0.39, 0.29) is 5.82 Å². The van der Waals surface area contributed by atoms with Crippen molar-refractivity contribution in [3.05, 3.63) is 30.1 Å². The summed E-state index contributed by atoms with van der Waals surface area (Å²) in [7, 11) is 3.80. The minimum atomic E-state index is -0.191. The molecule has 1 aliphatic rings. The quantitative estimate of drug-likeness (QED) is 0.482. The standard InChI is InChI=1S/C17H27FN4/c1-19-17(21-15-8-3-4-9-15)20-11-6-12-22(2)16-10-5-7-14(18)13-16/h5,7,10,13,15H,3-4,6,8-9,11-12H2,1-2H3,(H2,19,20,21). The Morgan fingerprint density at radius 3 is 2.82 bits per heavy atom. The summed E-state index contributed by atoms with van der Waals surface area (Å²) < 4.78 is 13.2. The molecule has 1 saturated carbocycles. The van der Waals surface area contributed by atoms with E-state index in [2.05, 4.69) is 20.5 Å². The molecule has 0 atom stereocenters. The molecule has 2 N–H and O–H groups in total. The van der Waals surface area contributed by atoms with E-state index >= 15 is 0 Å².